The second-order valence-corrected chi connectivity index (χ2v) is 5.21. The zero-order chi connectivity index (χ0) is 11.2. The molecule has 0 bridgehead atoms. The van der Waals surface area contributed by atoms with E-state index < -0.39 is 0 Å². The van der Waals surface area contributed by atoms with Crippen molar-refractivity contribution in [2.45, 2.75) is 20.0 Å². The van der Waals surface area contributed by atoms with E-state index in [-0.39, 0.29) is 11.5 Å². The van der Waals surface area contributed by atoms with Crippen LogP contribution in [-0.2, 0) is 4.74 Å². The highest BCUT2D eigenvalue weighted by atomic mass is 16.5. The maximum Gasteiger partial charge on any atom is 0.124 e. The van der Waals surface area contributed by atoms with Gasteiger partial charge in [-0.2, -0.15) is 0 Å². The van der Waals surface area contributed by atoms with Crippen LogP contribution in [0.15, 0.2) is 36.6 Å². The van der Waals surface area contributed by atoms with Gasteiger partial charge in [-0.3, -0.25) is 0 Å². The van der Waals surface area contributed by atoms with Crippen LogP contribution in [0.3, 0.4) is 0 Å². The van der Waals surface area contributed by atoms with Gasteiger partial charge in [-0.05, 0) is 28.0 Å². The van der Waals surface area contributed by atoms with Gasteiger partial charge in [-0.15, -0.1) is 0 Å². The highest BCUT2D eigenvalue weighted by Crippen LogP contribution is 2.38. The van der Waals surface area contributed by atoms with Crippen molar-refractivity contribution in [1.82, 2.24) is 0 Å². The monoisotopic (exact) mass is 212 g/mol. The van der Waals surface area contributed by atoms with Crippen molar-refractivity contribution in [3.05, 3.63) is 47.0 Å². The zero-order valence-corrected chi connectivity index (χ0v) is 9.68. The fraction of sp³-hybridized carbons (Fsp3) is 0.333. The molecule has 1 aromatic rings. The smallest absolute Gasteiger partial charge is 0.124 e. The fourth-order valence-electron chi connectivity index (χ4n) is 2.56. The summed E-state index contributed by atoms with van der Waals surface area (Å²) in [5, 5.41) is 2.62. The van der Waals surface area contributed by atoms with E-state index in [4.69, 9.17) is 4.74 Å². The Morgan fingerprint density at radius 3 is 2.50 bits per heavy atom. The molecule has 2 atom stereocenters. The van der Waals surface area contributed by atoms with E-state index in [0.717, 1.165) is 0 Å². The molecule has 1 nitrogen and oxygen atoms in total. The number of allylic oxidation sites excluding steroid dienone is 1. The maximum absolute atomic E-state index is 5.71. The Morgan fingerprint density at radius 1 is 1.06 bits per heavy atom. The average Bonchev–Trinajstić information content (AvgIpc) is 2.27. The second kappa shape index (κ2) is 3.24. The van der Waals surface area contributed by atoms with Crippen molar-refractivity contribution in [3.63, 3.8) is 0 Å². The molecule has 1 heteroatoms. The van der Waals surface area contributed by atoms with E-state index in [2.05, 4.69) is 56.3 Å². The van der Waals surface area contributed by atoms with E-state index in [0.29, 0.717) is 5.92 Å². The highest BCUT2D eigenvalue weighted by molar-refractivity contribution is 5.47. The first-order valence-corrected chi connectivity index (χ1v) is 5.79. The van der Waals surface area contributed by atoms with Crippen LogP contribution in [-0.4, -0.2) is 6.10 Å². The van der Waals surface area contributed by atoms with Gasteiger partial charge in [0.1, 0.15) is 6.10 Å². The molecule has 0 spiro atoms. The van der Waals surface area contributed by atoms with Gasteiger partial charge in [0.05, 0.1) is 6.26 Å². The van der Waals surface area contributed by atoms with Crippen LogP contribution in [0.1, 0.15) is 13.8 Å². The third kappa shape index (κ3) is 1.39. The SMILES string of the molecule is CC1(C)C=COC2C=c3ccccc3=CC21. The Labute approximate surface area is 95.7 Å². The van der Waals surface area contributed by atoms with Gasteiger partial charge < -0.3 is 4.74 Å². The molecule has 0 radical (unpaired) electrons. The lowest BCUT2D eigenvalue weighted by atomic mass is 9.72. The standard InChI is InChI=1S/C15H16O/c1-15(2)7-8-16-14-10-12-6-4-3-5-11(12)9-13(14)15/h3-10,13-14H,1-2H3. The molecule has 2 unspecified atom stereocenters. The summed E-state index contributed by atoms with van der Waals surface area (Å²) in [7, 11) is 0. The molecule has 0 amide bonds. The number of rotatable bonds is 0. The molecule has 0 saturated heterocycles. The Hall–Kier alpha value is -1.50. The van der Waals surface area contributed by atoms with Crippen LogP contribution in [0.5, 0.6) is 0 Å². The minimum atomic E-state index is 0.174. The van der Waals surface area contributed by atoms with Gasteiger partial charge in [-0.25, -0.2) is 0 Å². The molecular weight excluding hydrogens is 196 g/mol. The molecule has 0 saturated carbocycles. The first kappa shape index (κ1) is 9.71. The molecule has 2 aliphatic rings. The van der Waals surface area contributed by atoms with Crippen LogP contribution < -0.4 is 10.4 Å². The lowest BCUT2D eigenvalue weighted by Gasteiger charge is -2.38. The van der Waals surface area contributed by atoms with Crippen molar-refractivity contribution >= 4 is 12.2 Å². The normalized spacial score (nSPS) is 29.1. The Balaban J connectivity index is 2.20. The average molecular weight is 212 g/mol. The third-order valence-electron chi connectivity index (χ3n) is 3.65. The van der Waals surface area contributed by atoms with Gasteiger partial charge in [0.25, 0.3) is 0 Å². The summed E-state index contributed by atoms with van der Waals surface area (Å²) >= 11 is 0. The molecule has 82 valence electrons. The van der Waals surface area contributed by atoms with Crippen LogP contribution in [0.25, 0.3) is 12.2 Å². The van der Waals surface area contributed by atoms with Gasteiger partial charge >= 0.3 is 0 Å². The van der Waals surface area contributed by atoms with Crippen LogP contribution in [0.4, 0.5) is 0 Å². The summed E-state index contributed by atoms with van der Waals surface area (Å²) in [6.45, 7) is 4.53. The Bertz CT molecular complexity index is 551. The van der Waals surface area contributed by atoms with Gasteiger partial charge in [0, 0.05) is 5.92 Å². The molecule has 1 aliphatic heterocycles. The van der Waals surface area contributed by atoms with E-state index in [1.54, 1.807) is 0 Å². The van der Waals surface area contributed by atoms with E-state index >= 15 is 0 Å². The number of hydrogen-bond donors (Lipinski definition) is 0. The molecular formula is C15H16O. The lowest BCUT2D eigenvalue weighted by Crippen LogP contribution is -2.42. The molecule has 1 heterocycles. The predicted octanol–water partition coefficient (Wildman–Crippen LogP) is 1.82. The summed E-state index contributed by atoms with van der Waals surface area (Å²) in [6.07, 6.45) is 8.79. The van der Waals surface area contributed by atoms with Crippen LogP contribution >= 0.6 is 0 Å². The number of fused-ring (bicyclic) bond motifs is 2. The molecule has 1 aliphatic carbocycles. The summed E-state index contributed by atoms with van der Waals surface area (Å²) in [5.74, 6) is 0.437. The molecule has 16 heavy (non-hydrogen) atoms. The van der Waals surface area contributed by atoms with E-state index in [9.17, 15) is 0 Å². The van der Waals surface area contributed by atoms with Gasteiger partial charge in [-0.1, -0.05) is 44.2 Å². The maximum atomic E-state index is 5.71. The first-order chi connectivity index (χ1) is 7.67. The van der Waals surface area contributed by atoms with Crippen molar-refractivity contribution in [1.29, 1.82) is 0 Å². The first-order valence-electron chi connectivity index (χ1n) is 5.79. The van der Waals surface area contributed by atoms with E-state index in [1.807, 2.05) is 6.26 Å². The van der Waals surface area contributed by atoms with Crippen LogP contribution in [0, 0.1) is 11.3 Å². The minimum absolute atomic E-state index is 0.174. The lowest BCUT2D eigenvalue weighted by molar-refractivity contribution is 0.0937. The van der Waals surface area contributed by atoms with E-state index in [1.165, 1.54) is 10.4 Å². The third-order valence-corrected chi connectivity index (χ3v) is 3.65. The number of hydrogen-bond acceptors (Lipinski definition) is 1. The molecule has 3 rings (SSSR count). The van der Waals surface area contributed by atoms with Crippen molar-refractivity contribution in [3.8, 4) is 0 Å². The molecule has 0 aromatic heterocycles. The van der Waals surface area contributed by atoms with Crippen molar-refractivity contribution in [2.24, 2.45) is 11.3 Å². The summed E-state index contributed by atoms with van der Waals surface area (Å²) in [4.78, 5) is 0. The Morgan fingerprint density at radius 2 is 1.75 bits per heavy atom. The number of benzene rings is 1. The topological polar surface area (TPSA) is 9.23 Å². The molecule has 0 fully saturated rings. The summed E-state index contributed by atoms with van der Waals surface area (Å²) < 4.78 is 5.71. The second-order valence-electron chi connectivity index (χ2n) is 5.21. The Kier molecular flexibility index (Phi) is 1.97. The fourth-order valence-corrected chi connectivity index (χ4v) is 2.56. The van der Waals surface area contributed by atoms with Crippen LogP contribution in [0.2, 0.25) is 0 Å². The largest absolute Gasteiger partial charge is 0.494 e. The summed E-state index contributed by atoms with van der Waals surface area (Å²) in [5.41, 5.74) is 0.174. The minimum Gasteiger partial charge on any atom is -0.494 e. The molecule has 0 N–H and O–H groups in total. The quantitative estimate of drug-likeness (QED) is 0.637. The zero-order valence-electron chi connectivity index (χ0n) is 9.68. The summed E-state index contributed by atoms with van der Waals surface area (Å²) in [6, 6.07) is 8.50. The highest BCUT2D eigenvalue weighted by Gasteiger charge is 2.35. The van der Waals surface area contributed by atoms with Gasteiger partial charge in [0.2, 0.25) is 0 Å². The van der Waals surface area contributed by atoms with Crippen molar-refractivity contribution < 1.29 is 4.74 Å². The van der Waals surface area contributed by atoms with Crippen molar-refractivity contribution in [2.75, 3.05) is 0 Å². The molecule has 1 aromatic carbocycles. The van der Waals surface area contributed by atoms with Gasteiger partial charge in [0.15, 0.2) is 0 Å². The predicted molar refractivity (Wildman–Crippen MR) is 65.9 cm³/mol. The number of ether oxygens (including phenoxy) is 1.